The van der Waals surface area contributed by atoms with E-state index in [1.807, 2.05) is 19.2 Å². The number of hydrogen-bond donors (Lipinski definition) is 0. The van der Waals surface area contributed by atoms with Crippen LogP contribution < -0.4 is 0 Å². The second-order valence-electron chi connectivity index (χ2n) is 6.20. The lowest BCUT2D eigenvalue weighted by atomic mass is 9.97. The fraction of sp³-hybridized carbons (Fsp3) is 0.333. The highest BCUT2D eigenvalue weighted by atomic mass is 16.7. The number of esters is 1. The molecule has 0 radical (unpaired) electrons. The van der Waals surface area contributed by atoms with Crippen LogP contribution in [0.4, 0.5) is 0 Å². The lowest BCUT2D eigenvalue weighted by molar-refractivity contribution is -0.152. The summed E-state index contributed by atoms with van der Waals surface area (Å²) in [4.78, 5) is 25.6. The number of fused-ring (bicyclic) bond motifs is 3. The number of carbonyl (C=O) groups excluding carboxylic acids is 2. The molecule has 1 saturated heterocycles. The first-order valence-corrected chi connectivity index (χ1v) is 7.66. The molecule has 1 aliphatic carbocycles. The van der Waals surface area contributed by atoms with E-state index in [0.717, 1.165) is 6.42 Å². The van der Waals surface area contributed by atoms with Gasteiger partial charge in [-0.15, -0.1) is 0 Å². The summed E-state index contributed by atoms with van der Waals surface area (Å²) in [6.07, 6.45) is 3.17. The molecule has 0 N–H and O–H groups in total. The van der Waals surface area contributed by atoms with E-state index in [1.165, 1.54) is 17.4 Å². The van der Waals surface area contributed by atoms with E-state index in [0.29, 0.717) is 11.1 Å². The third-order valence-corrected chi connectivity index (χ3v) is 4.84. The average Bonchev–Trinajstić information content (AvgIpc) is 3.13. The molecule has 1 aromatic rings. The Morgan fingerprint density at radius 2 is 2.09 bits per heavy atom. The van der Waals surface area contributed by atoms with Gasteiger partial charge in [-0.05, 0) is 24.5 Å². The number of cyclic esters (lactones) is 1. The summed E-state index contributed by atoms with van der Waals surface area (Å²) >= 11 is 0. The Morgan fingerprint density at radius 1 is 1.30 bits per heavy atom. The molecule has 23 heavy (non-hydrogen) atoms. The van der Waals surface area contributed by atoms with Gasteiger partial charge in [0.15, 0.2) is 0 Å². The molecule has 4 rings (SSSR count). The minimum atomic E-state index is -0.740. The van der Waals surface area contributed by atoms with Gasteiger partial charge in [0.05, 0.1) is 17.9 Å². The van der Waals surface area contributed by atoms with Gasteiger partial charge in [0.1, 0.15) is 0 Å². The minimum Gasteiger partial charge on any atom is -0.458 e. The first kappa shape index (κ1) is 14.1. The standard InChI is InChI=1S/C18H17NO4/c1-10-7-15(23-18(10)21)22-9-14-13-8-11-5-3-4-6-12(11)16(13)19(2)17(14)20/h3-7,9,13,15-16H,8H2,1-2H3/b14-9+/t13-,15-,16-/m1/s1. The number of likely N-dealkylation sites (tertiary alicyclic amines) is 1. The predicted molar refractivity (Wildman–Crippen MR) is 82.0 cm³/mol. The summed E-state index contributed by atoms with van der Waals surface area (Å²) in [5, 5.41) is 0. The number of ether oxygens (including phenoxy) is 2. The third kappa shape index (κ3) is 2.07. The Balaban J connectivity index is 1.60. The molecule has 0 bridgehead atoms. The fourth-order valence-corrected chi connectivity index (χ4v) is 3.67. The van der Waals surface area contributed by atoms with Crippen LogP contribution in [0.2, 0.25) is 0 Å². The molecule has 0 saturated carbocycles. The van der Waals surface area contributed by atoms with Crippen LogP contribution in [-0.4, -0.2) is 30.1 Å². The van der Waals surface area contributed by atoms with Crippen molar-refractivity contribution in [1.29, 1.82) is 0 Å². The van der Waals surface area contributed by atoms with E-state index < -0.39 is 6.29 Å². The molecule has 0 aromatic heterocycles. The Bertz CT molecular complexity index is 764. The monoisotopic (exact) mass is 311 g/mol. The van der Waals surface area contributed by atoms with Crippen molar-refractivity contribution in [3.8, 4) is 0 Å². The number of rotatable bonds is 2. The molecule has 1 aromatic carbocycles. The molecule has 118 valence electrons. The van der Waals surface area contributed by atoms with Crippen LogP contribution >= 0.6 is 0 Å². The van der Waals surface area contributed by atoms with E-state index in [1.54, 1.807) is 17.9 Å². The lowest BCUT2D eigenvalue weighted by Gasteiger charge is -2.19. The van der Waals surface area contributed by atoms with Crippen molar-refractivity contribution in [1.82, 2.24) is 4.90 Å². The van der Waals surface area contributed by atoms with Crippen LogP contribution in [0.3, 0.4) is 0 Å². The second-order valence-corrected chi connectivity index (χ2v) is 6.20. The number of benzene rings is 1. The van der Waals surface area contributed by atoms with Gasteiger partial charge in [-0.1, -0.05) is 24.3 Å². The largest absolute Gasteiger partial charge is 0.458 e. The van der Waals surface area contributed by atoms with Gasteiger partial charge < -0.3 is 14.4 Å². The number of carbonyl (C=O) groups is 2. The molecule has 3 aliphatic rings. The van der Waals surface area contributed by atoms with E-state index >= 15 is 0 Å². The van der Waals surface area contributed by atoms with E-state index in [4.69, 9.17) is 9.47 Å². The molecule has 2 aliphatic heterocycles. The smallest absolute Gasteiger partial charge is 0.336 e. The van der Waals surface area contributed by atoms with Crippen molar-refractivity contribution in [2.24, 2.45) is 5.92 Å². The van der Waals surface area contributed by atoms with E-state index in [-0.39, 0.29) is 23.8 Å². The Morgan fingerprint density at radius 3 is 2.83 bits per heavy atom. The van der Waals surface area contributed by atoms with Crippen LogP contribution in [0.15, 0.2) is 47.7 Å². The highest BCUT2D eigenvalue weighted by molar-refractivity contribution is 5.97. The van der Waals surface area contributed by atoms with Crippen molar-refractivity contribution in [2.75, 3.05) is 7.05 Å². The van der Waals surface area contributed by atoms with Gasteiger partial charge in [-0.25, -0.2) is 4.79 Å². The first-order valence-electron chi connectivity index (χ1n) is 7.66. The topological polar surface area (TPSA) is 55.8 Å². The Labute approximate surface area is 134 Å². The highest BCUT2D eigenvalue weighted by Crippen LogP contribution is 2.48. The van der Waals surface area contributed by atoms with Crippen molar-refractivity contribution >= 4 is 11.9 Å². The van der Waals surface area contributed by atoms with Crippen LogP contribution in [0.1, 0.15) is 24.1 Å². The zero-order valence-electron chi connectivity index (χ0n) is 13.0. The molecule has 0 spiro atoms. The molecule has 3 atom stereocenters. The summed E-state index contributed by atoms with van der Waals surface area (Å²) in [5.41, 5.74) is 3.65. The predicted octanol–water partition coefficient (Wildman–Crippen LogP) is 2.10. The summed E-state index contributed by atoms with van der Waals surface area (Å²) < 4.78 is 10.6. The zero-order chi connectivity index (χ0) is 16.1. The van der Waals surface area contributed by atoms with Crippen molar-refractivity contribution < 1.29 is 19.1 Å². The maximum absolute atomic E-state index is 12.5. The average molecular weight is 311 g/mol. The zero-order valence-corrected chi connectivity index (χ0v) is 13.0. The summed E-state index contributed by atoms with van der Waals surface area (Å²) in [6, 6.07) is 8.28. The quantitative estimate of drug-likeness (QED) is 0.477. The Kier molecular flexibility index (Phi) is 3.04. The van der Waals surface area contributed by atoms with Gasteiger partial charge >= 0.3 is 5.97 Å². The van der Waals surface area contributed by atoms with Crippen LogP contribution in [0.5, 0.6) is 0 Å². The van der Waals surface area contributed by atoms with Crippen molar-refractivity contribution in [3.05, 3.63) is 58.9 Å². The Hall–Kier alpha value is -2.56. The van der Waals surface area contributed by atoms with Crippen LogP contribution in [-0.2, 0) is 25.5 Å². The van der Waals surface area contributed by atoms with Gasteiger partial charge in [0.2, 0.25) is 0 Å². The molecular formula is C18H17NO4. The molecule has 5 heteroatoms. The van der Waals surface area contributed by atoms with Gasteiger partial charge in [0.25, 0.3) is 12.2 Å². The number of hydrogen-bond acceptors (Lipinski definition) is 4. The molecular weight excluding hydrogens is 294 g/mol. The SMILES string of the molecule is CC1=C[C@H](O/C=C2/C(=O)N(C)[C@@H]3c4ccccc4C[C@H]23)OC1=O. The molecule has 2 heterocycles. The summed E-state index contributed by atoms with van der Waals surface area (Å²) in [6.45, 7) is 1.68. The maximum atomic E-state index is 12.5. The maximum Gasteiger partial charge on any atom is 0.336 e. The number of nitrogens with zero attached hydrogens (tertiary/aromatic N) is 1. The number of amides is 1. The van der Waals surface area contributed by atoms with E-state index in [9.17, 15) is 9.59 Å². The van der Waals surface area contributed by atoms with Gasteiger partial charge in [-0.2, -0.15) is 0 Å². The highest BCUT2D eigenvalue weighted by Gasteiger charge is 2.47. The van der Waals surface area contributed by atoms with E-state index in [2.05, 4.69) is 12.1 Å². The fourth-order valence-electron chi connectivity index (χ4n) is 3.67. The summed E-state index contributed by atoms with van der Waals surface area (Å²) in [5.74, 6) is -0.318. The minimum absolute atomic E-state index is 0.0282. The van der Waals surface area contributed by atoms with Crippen molar-refractivity contribution in [2.45, 2.75) is 25.7 Å². The molecule has 0 unspecified atom stereocenters. The molecule has 5 nitrogen and oxygen atoms in total. The first-order chi connectivity index (χ1) is 11.1. The number of likely N-dealkylation sites (N-methyl/N-ethyl adjacent to an activating group) is 1. The van der Waals surface area contributed by atoms with Gasteiger partial charge in [0, 0.05) is 24.6 Å². The molecule has 1 fully saturated rings. The van der Waals surface area contributed by atoms with Crippen LogP contribution in [0.25, 0.3) is 0 Å². The third-order valence-electron chi connectivity index (χ3n) is 4.84. The lowest BCUT2D eigenvalue weighted by Crippen LogP contribution is -2.23. The van der Waals surface area contributed by atoms with Gasteiger partial charge in [-0.3, -0.25) is 4.79 Å². The van der Waals surface area contributed by atoms with Crippen LogP contribution in [0, 0.1) is 5.92 Å². The van der Waals surface area contributed by atoms with Crippen molar-refractivity contribution in [3.63, 3.8) is 0 Å². The molecule has 1 amide bonds. The summed E-state index contributed by atoms with van der Waals surface area (Å²) in [7, 11) is 1.82. The second kappa shape index (κ2) is 4.98. The normalized spacial score (nSPS) is 30.3.